The van der Waals surface area contributed by atoms with Crippen molar-refractivity contribution in [1.82, 2.24) is 15.2 Å². The van der Waals surface area contributed by atoms with Gasteiger partial charge in [-0.05, 0) is 12.1 Å². The molecule has 3 aromatic rings. The van der Waals surface area contributed by atoms with Crippen molar-refractivity contribution in [1.29, 1.82) is 0 Å². The number of carbonyl (C=O) groups excluding carboxylic acids is 1. The standard InChI is InChI=1S/C14H11ClN4OS3/c15-12-9(5-8-3-1-2-4-10(8)17-12)6-21-13-18-19-14(23-13)22-7-11(16)20/h1-5H,6-7H2,(H2,16,20). The Morgan fingerprint density at radius 3 is 2.74 bits per heavy atom. The second-order valence-electron chi connectivity index (χ2n) is 4.51. The molecule has 23 heavy (non-hydrogen) atoms. The minimum Gasteiger partial charge on any atom is -0.369 e. The van der Waals surface area contributed by atoms with Gasteiger partial charge in [0.1, 0.15) is 5.15 Å². The molecule has 118 valence electrons. The van der Waals surface area contributed by atoms with Gasteiger partial charge in [-0.2, -0.15) is 0 Å². The van der Waals surface area contributed by atoms with Gasteiger partial charge in [0.2, 0.25) is 5.91 Å². The van der Waals surface area contributed by atoms with E-state index >= 15 is 0 Å². The summed E-state index contributed by atoms with van der Waals surface area (Å²) in [7, 11) is 0. The quantitative estimate of drug-likeness (QED) is 0.518. The molecule has 0 aliphatic rings. The van der Waals surface area contributed by atoms with Crippen LogP contribution in [0.3, 0.4) is 0 Å². The van der Waals surface area contributed by atoms with Crippen LogP contribution in [0.25, 0.3) is 10.9 Å². The number of halogens is 1. The number of rotatable bonds is 6. The van der Waals surface area contributed by atoms with E-state index in [2.05, 4.69) is 15.2 Å². The zero-order chi connectivity index (χ0) is 16.2. The smallest absolute Gasteiger partial charge is 0.227 e. The Morgan fingerprint density at radius 2 is 1.96 bits per heavy atom. The summed E-state index contributed by atoms with van der Waals surface area (Å²) in [6.07, 6.45) is 0. The van der Waals surface area contributed by atoms with Gasteiger partial charge in [0.15, 0.2) is 8.68 Å². The molecule has 2 heterocycles. The van der Waals surface area contributed by atoms with E-state index in [1.54, 1.807) is 11.8 Å². The van der Waals surface area contributed by atoms with Gasteiger partial charge >= 0.3 is 0 Å². The molecule has 0 saturated carbocycles. The fourth-order valence-corrected chi connectivity index (χ4v) is 4.85. The van der Waals surface area contributed by atoms with Crippen LogP contribution in [0.1, 0.15) is 5.56 Å². The van der Waals surface area contributed by atoms with Crippen molar-refractivity contribution in [2.45, 2.75) is 14.4 Å². The monoisotopic (exact) mass is 382 g/mol. The highest BCUT2D eigenvalue weighted by Crippen LogP contribution is 2.32. The summed E-state index contributed by atoms with van der Waals surface area (Å²) in [6.45, 7) is 0. The first kappa shape index (κ1) is 16.5. The van der Waals surface area contributed by atoms with Crippen molar-refractivity contribution < 1.29 is 4.79 Å². The zero-order valence-corrected chi connectivity index (χ0v) is 14.9. The molecule has 0 atom stereocenters. The SMILES string of the molecule is NC(=O)CSc1nnc(SCc2cc3ccccc3nc2Cl)s1. The Labute approximate surface area is 150 Å². The largest absolute Gasteiger partial charge is 0.369 e. The lowest BCUT2D eigenvalue weighted by molar-refractivity contribution is -0.115. The molecule has 0 aliphatic carbocycles. The number of primary amides is 1. The molecule has 0 fully saturated rings. The average molecular weight is 383 g/mol. The molecular formula is C14H11ClN4OS3. The topological polar surface area (TPSA) is 81.8 Å². The van der Waals surface area contributed by atoms with E-state index in [4.69, 9.17) is 17.3 Å². The molecule has 2 N–H and O–H groups in total. The first-order valence-corrected chi connectivity index (χ1v) is 9.70. The van der Waals surface area contributed by atoms with Gasteiger partial charge < -0.3 is 5.73 Å². The summed E-state index contributed by atoms with van der Waals surface area (Å²) < 4.78 is 1.55. The fraction of sp³-hybridized carbons (Fsp3) is 0.143. The molecule has 0 saturated heterocycles. The van der Waals surface area contributed by atoms with Crippen molar-refractivity contribution in [3.8, 4) is 0 Å². The average Bonchev–Trinajstić information content (AvgIpc) is 2.99. The third kappa shape index (κ3) is 4.35. The van der Waals surface area contributed by atoms with Crippen LogP contribution in [0.2, 0.25) is 5.15 Å². The number of fused-ring (bicyclic) bond motifs is 1. The molecule has 9 heteroatoms. The van der Waals surface area contributed by atoms with Crippen LogP contribution >= 0.6 is 46.5 Å². The number of para-hydroxylation sites is 1. The maximum Gasteiger partial charge on any atom is 0.227 e. The van der Waals surface area contributed by atoms with Crippen LogP contribution < -0.4 is 5.73 Å². The van der Waals surface area contributed by atoms with Crippen LogP contribution in [0.5, 0.6) is 0 Å². The Kier molecular flexibility index (Phi) is 5.37. The van der Waals surface area contributed by atoms with Crippen molar-refractivity contribution in [3.63, 3.8) is 0 Å². The molecule has 1 aromatic carbocycles. The van der Waals surface area contributed by atoms with Crippen LogP contribution in [-0.4, -0.2) is 26.8 Å². The maximum atomic E-state index is 10.8. The molecule has 1 amide bonds. The van der Waals surface area contributed by atoms with Crippen LogP contribution in [0, 0.1) is 0 Å². The Balaban J connectivity index is 1.68. The van der Waals surface area contributed by atoms with E-state index in [1.807, 2.05) is 30.3 Å². The number of hydrogen-bond acceptors (Lipinski definition) is 7. The highest BCUT2D eigenvalue weighted by molar-refractivity contribution is 8.03. The van der Waals surface area contributed by atoms with Gasteiger partial charge in [0.05, 0.1) is 11.3 Å². The molecule has 3 rings (SSSR count). The highest BCUT2D eigenvalue weighted by atomic mass is 35.5. The summed E-state index contributed by atoms with van der Waals surface area (Å²) in [4.78, 5) is 15.2. The fourth-order valence-electron chi connectivity index (χ4n) is 1.82. The molecule has 0 radical (unpaired) electrons. The van der Waals surface area contributed by atoms with E-state index in [0.29, 0.717) is 10.9 Å². The van der Waals surface area contributed by atoms with E-state index < -0.39 is 0 Å². The van der Waals surface area contributed by atoms with E-state index in [9.17, 15) is 4.79 Å². The predicted molar refractivity (Wildman–Crippen MR) is 96.1 cm³/mol. The number of thioether (sulfide) groups is 2. The molecular weight excluding hydrogens is 372 g/mol. The minimum absolute atomic E-state index is 0.208. The maximum absolute atomic E-state index is 10.8. The lowest BCUT2D eigenvalue weighted by atomic mass is 10.2. The van der Waals surface area contributed by atoms with Gasteiger partial charge in [-0.15, -0.1) is 10.2 Å². The number of pyridine rings is 1. The van der Waals surface area contributed by atoms with E-state index in [-0.39, 0.29) is 11.7 Å². The number of aromatic nitrogens is 3. The molecule has 5 nitrogen and oxygen atoms in total. The summed E-state index contributed by atoms with van der Waals surface area (Å²) in [5.74, 6) is 0.499. The van der Waals surface area contributed by atoms with Crippen molar-refractivity contribution >= 4 is 63.3 Å². The lowest BCUT2D eigenvalue weighted by Gasteiger charge is -2.04. The number of hydrogen-bond donors (Lipinski definition) is 1. The number of amides is 1. The molecule has 0 spiro atoms. The zero-order valence-electron chi connectivity index (χ0n) is 11.7. The summed E-state index contributed by atoms with van der Waals surface area (Å²) in [6, 6.07) is 9.90. The van der Waals surface area contributed by atoms with E-state index in [0.717, 1.165) is 25.1 Å². The molecule has 0 unspecified atom stereocenters. The summed E-state index contributed by atoms with van der Waals surface area (Å²) in [5, 5.41) is 9.68. The van der Waals surface area contributed by atoms with Crippen molar-refractivity contribution in [2.24, 2.45) is 5.73 Å². The second kappa shape index (κ2) is 7.48. The van der Waals surface area contributed by atoms with Crippen molar-refractivity contribution in [3.05, 3.63) is 41.0 Å². The summed E-state index contributed by atoms with van der Waals surface area (Å²) in [5.41, 5.74) is 6.95. The predicted octanol–water partition coefficient (Wildman–Crippen LogP) is 3.61. The van der Waals surface area contributed by atoms with Gasteiger partial charge in [0, 0.05) is 16.7 Å². The van der Waals surface area contributed by atoms with Crippen LogP contribution in [-0.2, 0) is 10.5 Å². The van der Waals surface area contributed by atoms with Gasteiger partial charge in [-0.25, -0.2) is 4.98 Å². The third-order valence-electron chi connectivity index (χ3n) is 2.83. The highest BCUT2D eigenvalue weighted by Gasteiger charge is 2.10. The number of nitrogens with two attached hydrogens (primary N) is 1. The van der Waals surface area contributed by atoms with Gasteiger partial charge in [-0.3, -0.25) is 4.79 Å². The van der Waals surface area contributed by atoms with Crippen molar-refractivity contribution in [2.75, 3.05) is 5.75 Å². The van der Waals surface area contributed by atoms with E-state index in [1.165, 1.54) is 23.1 Å². The molecule has 0 aliphatic heterocycles. The molecule has 0 bridgehead atoms. The third-order valence-corrected chi connectivity index (χ3v) is 6.42. The number of carbonyl (C=O) groups is 1. The second-order valence-corrected chi connectivity index (χ2v) is 8.29. The summed E-state index contributed by atoms with van der Waals surface area (Å²) >= 11 is 10.5. The first-order chi connectivity index (χ1) is 11.1. The minimum atomic E-state index is -0.367. The van der Waals surface area contributed by atoms with Crippen LogP contribution in [0.15, 0.2) is 39.0 Å². The van der Waals surface area contributed by atoms with Gasteiger partial charge in [0.25, 0.3) is 0 Å². The molecule has 2 aromatic heterocycles. The lowest BCUT2D eigenvalue weighted by Crippen LogP contribution is -2.12. The van der Waals surface area contributed by atoms with Crippen LogP contribution in [0.4, 0.5) is 0 Å². The Hall–Kier alpha value is -1.35. The Bertz CT molecular complexity index is 855. The number of benzene rings is 1. The Morgan fingerprint density at radius 1 is 1.22 bits per heavy atom. The van der Waals surface area contributed by atoms with Gasteiger partial charge in [-0.1, -0.05) is 64.7 Å². The normalized spacial score (nSPS) is 11.0. The first-order valence-electron chi connectivity index (χ1n) is 6.53. The number of nitrogens with zero attached hydrogens (tertiary/aromatic N) is 3.